The second kappa shape index (κ2) is 27.7. The van der Waals surface area contributed by atoms with E-state index in [1.807, 2.05) is 62.8 Å². The number of carboxylic acids is 2. The van der Waals surface area contributed by atoms with Crippen LogP contribution < -0.4 is 0 Å². The van der Waals surface area contributed by atoms with E-state index in [0.29, 0.717) is 35.9 Å². The number of carbonyl (C=O) groups is 2. The van der Waals surface area contributed by atoms with Gasteiger partial charge in [0.2, 0.25) is 9.84 Å². The zero-order valence-corrected chi connectivity index (χ0v) is 44.6. The highest BCUT2D eigenvalue weighted by Crippen LogP contribution is 2.40. The number of thioether (sulfide) groups is 1. The van der Waals surface area contributed by atoms with Gasteiger partial charge in [0.15, 0.2) is 16.8 Å². The fraction of sp³-hybridized carbons (Fsp3) is 0.412. The number of hydrogen-bond donors (Lipinski definition) is 6. The van der Waals surface area contributed by atoms with E-state index in [0.717, 1.165) is 80.7 Å². The summed E-state index contributed by atoms with van der Waals surface area (Å²) in [6.45, 7) is 16.1. The van der Waals surface area contributed by atoms with Crippen molar-refractivity contribution in [2.75, 3.05) is 65.1 Å². The Hall–Kier alpha value is -6.98. The summed E-state index contributed by atoms with van der Waals surface area (Å²) in [5, 5.41) is 73.0. The lowest BCUT2D eigenvalue weighted by Crippen LogP contribution is -2.35. The molecule has 0 spiro atoms. The number of rotatable bonds is 12. The van der Waals surface area contributed by atoms with E-state index < -0.39 is 34.1 Å². The number of morpholine rings is 2. The number of aromatic hydroxyl groups is 4. The monoisotopic (exact) mass is 1160 g/mol. The quantitative estimate of drug-likeness (QED) is 0.0494. The van der Waals surface area contributed by atoms with E-state index in [1.165, 1.54) is 34.0 Å². The molecule has 2 saturated heterocycles. The van der Waals surface area contributed by atoms with Gasteiger partial charge in [0.05, 0.1) is 37.6 Å². The molecular formula is C51H62F6N8O12S2. The number of nitrogens with zero attached hydrogens (tertiary/aromatic N) is 8. The summed E-state index contributed by atoms with van der Waals surface area (Å²) in [5.41, 5.74) is 6.01. The second-order valence-electron chi connectivity index (χ2n) is 18.1. The van der Waals surface area contributed by atoms with Gasteiger partial charge < -0.3 is 40.1 Å². The maximum absolute atomic E-state index is 12.5. The Morgan fingerprint density at radius 1 is 0.595 bits per heavy atom. The number of benzene rings is 4. The molecule has 2 aliphatic rings. The SMILES string of the molecule is C.CC(C)c1cc(-c2nnc(S(C)(=O)=O)n2-c2ccc(CN3CCOCC3)cc2)c(O)cc1O.CSc1nnc(-c2cc(C(C)C)c(O)cc2O)n1-c1ccc(CN2CCOCC2)cc1.O=C(O)C(F)(F)F.O=C(O)C(F)(F)F. The molecule has 0 aliphatic carbocycles. The average Bonchev–Trinajstić information content (AvgIpc) is 4.02. The molecule has 79 heavy (non-hydrogen) atoms. The van der Waals surface area contributed by atoms with Crippen molar-refractivity contribution in [2.24, 2.45) is 0 Å². The first kappa shape index (κ1) is 64.5. The molecule has 0 saturated carbocycles. The number of sulfone groups is 1. The molecule has 0 amide bonds. The summed E-state index contributed by atoms with van der Waals surface area (Å²) >= 11 is 1.49. The third kappa shape index (κ3) is 17.5. The normalized spacial score (nSPS) is 14.3. The van der Waals surface area contributed by atoms with Crippen LogP contribution in [0.3, 0.4) is 0 Å². The largest absolute Gasteiger partial charge is 0.508 e. The van der Waals surface area contributed by atoms with Crippen LogP contribution in [0.15, 0.2) is 83.1 Å². The van der Waals surface area contributed by atoms with Crippen LogP contribution >= 0.6 is 11.8 Å². The van der Waals surface area contributed by atoms with Crippen molar-refractivity contribution in [2.45, 2.75) is 82.7 Å². The molecule has 28 heteroatoms. The Morgan fingerprint density at radius 2 is 0.937 bits per heavy atom. The van der Waals surface area contributed by atoms with Crippen molar-refractivity contribution >= 4 is 33.5 Å². The zero-order valence-electron chi connectivity index (χ0n) is 42.9. The van der Waals surface area contributed by atoms with E-state index in [1.54, 1.807) is 12.1 Å². The van der Waals surface area contributed by atoms with Crippen molar-refractivity contribution < 1.29 is 84.5 Å². The van der Waals surface area contributed by atoms with Gasteiger partial charge in [-0.1, -0.05) is 71.1 Å². The molecule has 2 aromatic heterocycles. The van der Waals surface area contributed by atoms with Gasteiger partial charge in [0.1, 0.15) is 23.0 Å². The molecule has 432 valence electrons. The minimum atomic E-state index is -5.08. The number of phenolic OH excluding ortho intramolecular Hbond substituents is 4. The molecule has 0 atom stereocenters. The van der Waals surface area contributed by atoms with Gasteiger partial charge in [0.25, 0.3) is 5.16 Å². The van der Waals surface area contributed by atoms with E-state index >= 15 is 0 Å². The molecule has 0 unspecified atom stereocenters. The number of alkyl halides is 6. The van der Waals surface area contributed by atoms with E-state index in [-0.39, 0.29) is 58.8 Å². The highest BCUT2D eigenvalue weighted by Gasteiger charge is 2.39. The lowest BCUT2D eigenvalue weighted by Gasteiger charge is -2.26. The third-order valence-corrected chi connectivity index (χ3v) is 13.2. The van der Waals surface area contributed by atoms with Crippen LogP contribution in [0.4, 0.5) is 26.3 Å². The standard InChI is InChI=1S/C23H28N4O5S.C23H28N4O3S.2C2HF3O2.CH4/c1-15(2)18-12-19(21(29)13-20(18)28)22-24-25-23(33(3,30)31)27(22)17-6-4-16(5-7-17)14-26-8-10-32-11-9-26;1-15(2)18-12-19(21(29)13-20(18)28)22-24-25-23(31-3)27(22)17-6-4-16(5-7-17)14-26-8-10-30-11-9-26;2*3-2(4,5)1(6)7;/h4-7,12-13,15,28-29H,8-11,14H2,1-3H3;4-7,12-13,15,28-29H,8-11,14H2,1-3H3;2*(H,6,7);1H4. The van der Waals surface area contributed by atoms with Crippen molar-refractivity contribution in [3.8, 4) is 57.1 Å². The summed E-state index contributed by atoms with van der Waals surface area (Å²) in [5.74, 6) is -4.89. The van der Waals surface area contributed by atoms with Gasteiger partial charge >= 0.3 is 24.3 Å². The number of carboxylic acid groups (broad SMARTS) is 2. The molecule has 2 aliphatic heterocycles. The van der Waals surface area contributed by atoms with Gasteiger partial charge in [-0.25, -0.2) is 18.0 Å². The Labute approximate surface area is 455 Å². The highest BCUT2D eigenvalue weighted by atomic mass is 32.2. The van der Waals surface area contributed by atoms with Crippen molar-refractivity contribution in [1.29, 1.82) is 0 Å². The predicted molar refractivity (Wildman–Crippen MR) is 280 cm³/mol. The van der Waals surface area contributed by atoms with E-state index in [4.69, 9.17) is 29.3 Å². The molecule has 0 radical (unpaired) electrons. The van der Waals surface area contributed by atoms with Crippen LogP contribution in [0.5, 0.6) is 23.0 Å². The first-order valence-electron chi connectivity index (χ1n) is 23.7. The van der Waals surface area contributed by atoms with E-state index in [2.05, 4.69) is 54.5 Å². The van der Waals surface area contributed by atoms with Crippen LogP contribution in [0.2, 0.25) is 0 Å². The van der Waals surface area contributed by atoms with Gasteiger partial charge in [-0.2, -0.15) is 26.3 Å². The van der Waals surface area contributed by atoms with Gasteiger partial charge in [-0.3, -0.25) is 18.9 Å². The molecule has 2 fully saturated rings. The predicted octanol–water partition coefficient (Wildman–Crippen LogP) is 8.63. The number of phenols is 4. The minimum absolute atomic E-state index is 0. The number of ether oxygens (including phenoxy) is 2. The molecule has 6 aromatic rings. The van der Waals surface area contributed by atoms with Gasteiger partial charge in [0, 0.05) is 69.0 Å². The fourth-order valence-corrected chi connectivity index (χ4v) is 8.94. The summed E-state index contributed by atoms with van der Waals surface area (Å²) in [7, 11) is -3.71. The number of aromatic nitrogens is 6. The number of halogens is 6. The van der Waals surface area contributed by atoms with Crippen molar-refractivity contribution in [3.63, 3.8) is 0 Å². The Bertz CT molecular complexity index is 3080. The van der Waals surface area contributed by atoms with Crippen molar-refractivity contribution in [3.05, 3.63) is 95.1 Å². The first-order valence-corrected chi connectivity index (χ1v) is 26.8. The molecule has 20 nitrogen and oxygen atoms in total. The third-order valence-electron chi connectivity index (χ3n) is 11.7. The molecule has 4 heterocycles. The summed E-state index contributed by atoms with van der Waals surface area (Å²) in [6, 6.07) is 21.9. The average molecular weight is 1160 g/mol. The Morgan fingerprint density at radius 3 is 1.27 bits per heavy atom. The molecule has 0 bridgehead atoms. The first-order chi connectivity index (χ1) is 36.5. The van der Waals surface area contributed by atoms with Crippen LogP contribution in [0.1, 0.15) is 69.2 Å². The lowest BCUT2D eigenvalue weighted by atomic mass is 9.98. The number of hydrogen-bond acceptors (Lipinski definition) is 17. The summed E-state index contributed by atoms with van der Waals surface area (Å²) in [4.78, 5) is 22.5. The smallest absolute Gasteiger partial charge is 0.490 e. The van der Waals surface area contributed by atoms with E-state index in [9.17, 15) is 55.2 Å². The Kier molecular flexibility index (Phi) is 22.7. The number of aliphatic carboxylic acids is 2. The van der Waals surface area contributed by atoms with Crippen LogP contribution in [-0.2, 0) is 42.0 Å². The summed E-state index contributed by atoms with van der Waals surface area (Å²) in [6.07, 6.45) is -7.15. The molecule has 6 N–H and O–H groups in total. The topological polar surface area (TPSA) is 276 Å². The second-order valence-corrected chi connectivity index (χ2v) is 20.8. The van der Waals surface area contributed by atoms with Crippen LogP contribution in [-0.4, -0.2) is 168 Å². The van der Waals surface area contributed by atoms with Crippen LogP contribution in [0, 0.1) is 0 Å². The highest BCUT2D eigenvalue weighted by molar-refractivity contribution is 7.98. The van der Waals surface area contributed by atoms with Gasteiger partial charge in [-0.15, -0.1) is 20.4 Å². The Balaban J connectivity index is 0.000000272. The summed E-state index contributed by atoms with van der Waals surface area (Å²) < 4.78 is 103. The fourth-order valence-electron chi connectivity index (χ4n) is 7.73. The molecule has 8 rings (SSSR count). The zero-order chi connectivity index (χ0) is 57.9. The molecular weight excluding hydrogens is 1090 g/mol. The van der Waals surface area contributed by atoms with Crippen molar-refractivity contribution in [1.82, 2.24) is 39.3 Å². The maximum atomic E-state index is 12.5. The maximum Gasteiger partial charge on any atom is 0.490 e. The van der Waals surface area contributed by atoms with Gasteiger partial charge in [-0.05, 0) is 76.7 Å². The van der Waals surface area contributed by atoms with Crippen LogP contribution in [0.25, 0.3) is 34.2 Å². The minimum Gasteiger partial charge on any atom is -0.508 e. The molecule has 4 aromatic carbocycles. The lowest BCUT2D eigenvalue weighted by molar-refractivity contribution is -0.193.